The van der Waals surface area contributed by atoms with Gasteiger partial charge < -0.3 is 10.2 Å². The maximum atomic E-state index is 11.8. The van der Waals surface area contributed by atoms with E-state index in [2.05, 4.69) is 5.32 Å². The minimum Gasteiger partial charge on any atom is -0.339 e. The smallest absolute Gasteiger partial charge is 0.236 e. The number of carbonyl (C=O) groups excluding carboxylic acids is 1. The lowest BCUT2D eigenvalue weighted by atomic mass is 10.3. The Morgan fingerprint density at radius 1 is 1.38 bits per heavy atom. The van der Waals surface area contributed by atoms with Crippen LogP contribution in [0.5, 0.6) is 0 Å². The zero-order valence-electron chi connectivity index (χ0n) is 10.1. The largest absolute Gasteiger partial charge is 0.339 e. The van der Waals surface area contributed by atoms with E-state index in [-0.39, 0.29) is 11.7 Å². The Bertz CT molecular complexity index is 357. The number of sulfone groups is 1. The van der Waals surface area contributed by atoms with Crippen molar-refractivity contribution in [1.29, 1.82) is 0 Å². The number of nitrogens with one attached hydrogen (secondary N) is 1. The van der Waals surface area contributed by atoms with Gasteiger partial charge in [0.25, 0.3) is 0 Å². The van der Waals surface area contributed by atoms with Crippen LogP contribution in [0.4, 0.5) is 0 Å². The van der Waals surface area contributed by atoms with Crippen molar-refractivity contribution in [2.45, 2.75) is 25.5 Å². The molecule has 1 amide bonds. The summed E-state index contributed by atoms with van der Waals surface area (Å²) in [4.78, 5) is 13.0. The molecular formula is C10H20N2O3S. The number of carbonyl (C=O) groups is 1. The van der Waals surface area contributed by atoms with Crippen molar-refractivity contribution in [2.75, 3.05) is 31.9 Å². The normalized spacial score (nSPS) is 18.9. The van der Waals surface area contributed by atoms with Gasteiger partial charge in [-0.2, -0.15) is 0 Å². The van der Waals surface area contributed by atoms with Gasteiger partial charge in [0.1, 0.15) is 0 Å². The molecule has 0 spiro atoms. The molecule has 6 heteroatoms. The molecule has 1 saturated heterocycles. The van der Waals surface area contributed by atoms with Crippen molar-refractivity contribution >= 4 is 15.7 Å². The molecule has 0 aliphatic carbocycles. The van der Waals surface area contributed by atoms with E-state index in [1.54, 1.807) is 25.7 Å². The molecule has 0 aromatic rings. The van der Waals surface area contributed by atoms with E-state index in [0.717, 1.165) is 6.54 Å². The number of hydrogen-bond acceptors (Lipinski definition) is 4. The lowest BCUT2D eigenvalue weighted by molar-refractivity contribution is -0.131. The van der Waals surface area contributed by atoms with Gasteiger partial charge in [-0.15, -0.1) is 0 Å². The second-order valence-electron chi connectivity index (χ2n) is 4.99. The third-order valence-corrected chi connectivity index (χ3v) is 5.34. The van der Waals surface area contributed by atoms with Crippen LogP contribution in [0.25, 0.3) is 0 Å². The standard InChI is InChI=1S/C10H20N2O3S/c1-10(2,3)16(14,15)7-6-12-5-4-11-8-9(12)13/h11H,4-8H2,1-3H3. The second kappa shape index (κ2) is 4.71. The Morgan fingerprint density at radius 3 is 2.50 bits per heavy atom. The van der Waals surface area contributed by atoms with E-state index < -0.39 is 14.6 Å². The van der Waals surface area contributed by atoms with Crippen LogP contribution in [0.15, 0.2) is 0 Å². The zero-order valence-corrected chi connectivity index (χ0v) is 10.9. The van der Waals surface area contributed by atoms with Crippen molar-refractivity contribution in [3.05, 3.63) is 0 Å². The van der Waals surface area contributed by atoms with E-state index in [1.807, 2.05) is 0 Å². The molecular weight excluding hydrogens is 228 g/mol. The molecule has 0 aromatic heterocycles. The Labute approximate surface area is 97.1 Å². The maximum Gasteiger partial charge on any atom is 0.236 e. The summed E-state index contributed by atoms with van der Waals surface area (Å²) in [5.41, 5.74) is 0. The Kier molecular flexibility index (Phi) is 3.96. The van der Waals surface area contributed by atoms with Crippen LogP contribution in [0.2, 0.25) is 0 Å². The van der Waals surface area contributed by atoms with Crippen LogP contribution in [0.1, 0.15) is 20.8 Å². The summed E-state index contributed by atoms with van der Waals surface area (Å²) in [6.45, 7) is 7.00. The van der Waals surface area contributed by atoms with Gasteiger partial charge in [0, 0.05) is 19.6 Å². The van der Waals surface area contributed by atoms with Gasteiger partial charge in [0.15, 0.2) is 9.84 Å². The second-order valence-corrected chi connectivity index (χ2v) is 7.85. The molecule has 94 valence electrons. The molecule has 1 fully saturated rings. The fourth-order valence-corrected chi connectivity index (χ4v) is 2.49. The summed E-state index contributed by atoms with van der Waals surface area (Å²) in [7, 11) is -3.13. The average molecular weight is 248 g/mol. The van der Waals surface area contributed by atoms with Crippen LogP contribution in [0.3, 0.4) is 0 Å². The number of amides is 1. The molecule has 0 saturated carbocycles. The minimum absolute atomic E-state index is 0.0182. The molecule has 0 aromatic carbocycles. The molecule has 0 radical (unpaired) electrons. The van der Waals surface area contributed by atoms with Gasteiger partial charge in [-0.25, -0.2) is 8.42 Å². The van der Waals surface area contributed by atoms with Gasteiger partial charge in [-0.1, -0.05) is 0 Å². The number of hydrogen-bond donors (Lipinski definition) is 1. The molecule has 5 nitrogen and oxygen atoms in total. The summed E-state index contributed by atoms with van der Waals surface area (Å²) in [5, 5.41) is 2.95. The van der Waals surface area contributed by atoms with Crippen molar-refractivity contribution in [3.8, 4) is 0 Å². The Hall–Kier alpha value is -0.620. The van der Waals surface area contributed by atoms with Crippen LogP contribution in [-0.2, 0) is 14.6 Å². The fraction of sp³-hybridized carbons (Fsp3) is 0.900. The monoisotopic (exact) mass is 248 g/mol. The van der Waals surface area contributed by atoms with E-state index in [1.165, 1.54) is 0 Å². The highest BCUT2D eigenvalue weighted by Gasteiger charge is 2.30. The van der Waals surface area contributed by atoms with Crippen LogP contribution >= 0.6 is 0 Å². The van der Waals surface area contributed by atoms with Crippen LogP contribution in [-0.4, -0.2) is 55.9 Å². The first-order valence-corrected chi connectivity index (χ1v) is 7.10. The number of piperazine rings is 1. The first-order chi connectivity index (χ1) is 7.24. The molecule has 1 aliphatic rings. The summed E-state index contributed by atoms with van der Waals surface area (Å²) >= 11 is 0. The van der Waals surface area contributed by atoms with Gasteiger partial charge in [-0.05, 0) is 20.8 Å². The number of nitrogens with zero attached hydrogens (tertiary/aromatic N) is 1. The van der Waals surface area contributed by atoms with Crippen LogP contribution in [0, 0.1) is 0 Å². The van der Waals surface area contributed by atoms with Gasteiger partial charge in [-0.3, -0.25) is 4.79 Å². The predicted octanol–water partition coefficient (Wildman–Crippen LogP) is -0.368. The van der Waals surface area contributed by atoms with Crippen molar-refractivity contribution in [2.24, 2.45) is 0 Å². The quantitative estimate of drug-likeness (QED) is 0.740. The molecule has 1 heterocycles. The summed E-state index contributed by atoms with van der Waals surface area (Å²) in [6.07, 6.45) is 0. The fourth-order valence-electron chi connectivity index (χ4n) is 1.42. The van der Waals surface area contributed by atoms with E-state index in [9.17, 15) is 13.2 Å². The molecule has 1 N–H and O–H groups in total. The summed E-state index contributed by atoms with van der Waals surface area (Å²) in [6, 6.07) is 0. The number of rotatable bonds is 3. The van der Waals surface area contributed by atoms with Crippen LogP contribution < -0.4 is 5.32 Å². The molecule has 16 heavy (non-hydrogen) atoms. The Morgan fingerprint density at radius 2 is 2.00 bits per heavy atom. The first-order valence-electron chi connectivity index (χ1n) is 5.45. The molecule has 1 rings (SSSR count). The highest BCUT2D eigenvalue weighted by molar-refractivity contribution is 7.92. The third kappa shape index (κ3) is 3.18. The molecule has 1 aliphatic heterocycles. The molecule has 0 unspecified atom stereocenters. The van der Waals surface area contributed by atoms with Crippen molar-refractivity contribution < 1.29 is 13.2 Å². The average Bonchev–Trinajstić information content (AvgIpc) is 2.15. The highest BCUT2D eigenvalue weighted by atomic mass is 32.2. The maximum absolute atomic E-state index is 11.8. The minimum atomic E-state index is -3.13. The SMILES string of the molecule is CC(C)(C)S(=O)(=O)CCN1CCNCC1=O. The van der Waals surface area contributed by atoms with Crippen molar-refractivity contribution in [1.82, 2.24) is 10.2 Å². The van der Waals surface area contributed by atoms with Gasteiger partial charge >= 0.3 is 0 Å². The molecule has 0 atom stereocenters. The topological polar surface area (TPSA) is 66.5 Å². The molecule has 0 bridgehead atoms. The van der Waals surface area contributed by atoms with E-state index in [0.29, 0.717) is 19.6 Å². The third-order valence-electron chi connectivity index (χ3n) is 2.75. The highest BCUT2D eigenvalue weighted by Crippen LogP contribution is 2.16. The lowest BCUT2D eigenvalue weighted by Crippen LogP contribution is -2.50. The first kappa shape index (κ1) is 13.4. The lowest BCUT2D eigenvalue weighted by Gasteiger charge is -2.28. The summed E-state index contributed by atoms with van der Waals surface area (Å²) < 4.78 is 22.9. The summed E-state index contributed by atoms with van der Waals surface area (Å²) in [5.74, 6) is 0.0257. The van der Waals surface area contributed by atoms with Crippen molar-refractivity contribution in [3.63, 3.8) is 0 Å². The van der Waals surface area contributed by atoms with E-state index in [4.69, 9.17) is 0 Å². The zero-order chi connectivity index (χ0) is 12.4. The predicted molar refractivity (Wildman–Crippen MR) is 63.0 cm³/mol. The van der Waals surface area contributed by atoms with E-state index >= 15 is 0 Å². The Balaban J connectivity index is 2.54. The van der Waals surface area contributed by atoms with Gasteiger partial charge in [0.2, 0.25) is 5.91 Å². The van der Waals surface area contributed by atoms with Gasteiger partial charge in [0.05, 0.1) is 17.0 Å².